The summed E-state index contributed by atoms with van der Waals surface area (Å²) in [6.07, 6.45) is 0. The van der Waals surface area contributed by atoms with Crippen molar-refractivity contribution in [2.24, 2.45) is 0 Å². The quantitative estimate of drug-likeness (QED) is 0.804. The van der Waals surface area contributed by atoms with E-state index in [-0.39, 0.29) is 12.6 Å². The van der Waals surface area contributed by atoms with Gasteiger partial charge in [-0.3, -0.25) is 9.80 Å². The fourth-order valence-electron chi connectivity index (χ4n) is 2.21. The first-order chi connectivity index (χ1) is 9.22. The van der Waals surface area contributed by atoms with Crippen molar-refractivity contribution in [3.05, 3.63) is 21.9 Å². The molecule has 1 aromatic heterocycles. The fraction of sp³-hybridized carbons (Fsp3) is 0.615. The molecule has 1 N–H and O–H groups in total. The van der Waals surface area contributed by atoms with Gasteiger partial charge < -0.3 is 9.84 Å². The normalized spacial score (nSPS) is 17.6. The second-order valence-corrected chi connectivity index (χ2v) is 5.77. The van der Waals surface area contributed by atoms with Crippen molar-refractivity contribution in [3.63, 3.8) is 0 Å². The second kappa shape index (κ2) is 7.00. The molecule has 0 aliphatic carbocycles. The van der Waals surface area contributed by atoms with E-state index in [4.69, 9.17) is 9.84 Å². The minimum Gasteiger partial charge on any atom is -0.465 e. The highest BCUT2D eigenvalue weighted by atomic mass is 32.1. The number of piperazine rings is 1. The fourth-order valence-corrected chi connectivity index (χ4v) is 3.17. The van der Waals surface area contributed by atoms with Crippen LogP contribution in [-0.4, -0.2) is 67.3 Å². The highest BCUT2D eigenvalue weighted by Crippen LogP contribution is 2.19. The number of ether oxygens (including phenoxy) is 1. The van der Waals surface area contributed by atoms with E-state index >= 15 is 0 Å². The van der Waals surface area contributed by atoms with E-state index in [0.717, 1.165) is 39.3 Å². The Labute approximate surface area is 117 Å². The Morgan fingerprint density at radius 2 is 2.00 bits per heavy atom. The number of rotatable bonds is 5. The van der Waals surface area contributed by atoms with Gasteiger partial charge in [0.1, 0.15) is 4.88 Å². The van der Waals surface area contributed by atoms with Crippen LogP contribution in [0.15, 0.2) is 12.1 Å². The van der Waals surface area contributed by atoms with E-state index in [9.17, 15) is 4.79 Å². The van der Waals surface area contributed by atoms with Gasteiger partial charge in [-0.05, 0) is 12.1 Å². The molecule has 1 fully saturated rings. The van der Waals surface area contributed by atoms with E-state index in [1.165, 1.54) is 23.3 Å². The number of carbonyl (C=O) groups is 1. The SMILES string of the molecule is COC(=O)c1ccc(CN2CCN(CCO)CC2)s1. The predicted molar refractivity (Wildman–Crippen MR) is 74.5 cm³/mol. The average molecular weight is 284 g/mol. The average Bonchev–Trinajstić information content (AvgIpc) is 2.89. The second-order valence-electron chi connectivity index (χ2n) is 4.60. The van der Waals surface area contributed by atoms with Crippen molar-refractivity contribution >= 4 is 17.3 Å². The first-order valence-corrected chi connectivity index (χ1v) is 7.27. The zero-order valence-electron chi connectivity index (χ0n) is 11.2. The van der Waals surface area contributed by atoms with Crippen molar-refractivity contribution in [3.8, 4) is 0 Å². The van der Waals surface area contributed by atoms with Gasteiger partial charge in [-0.15, -0.1) is 11.3 Å². The number of thiophene rings is 1. The lowest BCUT2D eigenvalue weighted by Crippen LogP contribution is -2.46. The smallest absolute Gasteiger partial charge is 0.348 e. The molecule has 1 aromatic rings. The van der Waals surface area contributed by atoms with Crippen LogP contribution in [0.5, 0.6) is 0 Å². The molecule has 1 saturated heterocycles. The molecular weight excluding hydrogens is 264 g/mol. The number of β-amino-alcohol motifs (C(OH)–C–C–N with tert-alkyl or cyclic N) is 1. The molecule has 19 heavy (non-hydrogen) atoms. The molecule has 0 saturated carbocycles. The maximum Gasteiger partial charge on any atom is 0.348 e. The first kappa shape index (κ1) is 14.5. The summed E-state index contributed by atoms with van der Waals surface area (Å²) < 4.78 is 4.71. The molecule has 0 amide bonds. The highest BCUT2D eigenvalue weighted by molar-refractivity contribution is 7.13. The molecule has 0 unspecified atom stereocenters. The van der Waals surface area contributed by atoms with Gasteiger partial charge in [0.15, 0.2) is 0 Å². The minimum absolute atomic E-state index is 0.230. The van der Waals surface area contributed by atoms with Gasteiger partial charge in [-0.1, -0.05) is 0 Å². The minimum atomic E-state index is -0.260. The number of hydrogen-bond donors (Lipinski definition) is 1. The maximum absolute atomic E-state index is 11.4. The van der Waals surface area contributed by atoms with Gasteiger partial charge in [0, 0.05) is 44.1 Å². The van der Waals surface area contributed by atoms with Gasteiger partial charge in [0.25, 0.3) is 0 Å². The molecule has 1 aliphatic rings. The summed E-state index contributed by atoms with van der Waals surface area (Å²) in [4.78, 5) is 17.9. The lowest BCUT2D eigenvalue weighted by atomic mass is 10.3. The van der Waals surface area contributed by atoms with E-state index in [2.05, 4.69) is 9.80 Å². The van der Waals surface area contributed by atoms with E-state index in [0.29, 0.717) is 4.88 Å². The zero-order valence-corrected chi connectivity index (χ0v) is 12.0. The molecule has 106 valence electrons. The maximum atomic E-state index is 11.4. The van der Waals surface area contributed by atoms with Crippen LogP contribution in [-0.2, 0) is 11.3 Å². The summed E-state index contributed by atoms with van der Waals surface area (Å²) in [6, 6.07) is 3.82. The van der Waals surface area contributed by atoms with E-state index in [1.807, 2.05) is 12.1 Å². The number of esters is 1. The lowest BCUT2D eigenvalue weighted by Gasteiger charge is -2.34. The molecule has 0 radical (unpaired) electrons. The number of methoxy groups -OCH3 is 1. The summed E-state index contributed by atoms with van der Waals surface area (Å²) in [6.45, 7) is 5.88. The van der Waals surface area contributed by atoms with Crippen molar-refractivity contribution in [1.82, 2.24) is 9.80 Å². The molecule has 0 aromatic carbocycles. The topological polar surface area (TPSA) is 53.0 Å². The van der Waals surface area contributed by atoms with Crippen LogP contribution in [0.3, 0.4) is 0 Å². The standard InChI is InChI=1S/C13H20N2O3S/c1-18-13(17)12-3-2-11(19-12)10-15-6-4-14(5-7-15)8-9-16/h2-3,16H,4-10H2,1H3. The number of aliphatic hydroxyl groups excluding tert-OH is 1. The summed E-state index contributed by atoms with van der Waals surface area (Å²) in [7, 11) is 1.40. The molecule has 1 aliphatic heterocycles. The monoisotopic (exact) mass is 284 g/mol. The molecule has 2 rings (SSSR count). The summed E-state index contributed by atoms with van der Waals surface area (Å²) in [5, 5.41) is 8.90. The van der Waals surface area contributed by atoms with Crippen molar-refractivity contribution < 1.29 is 14.6 Å². The van der Waals surface area contributed by atoms with Crippen LogP contribution in [0.1, 0.15) is 14.5 Å². The summed E-state index contributed by atoms with van der Waals surface area (Å²) >= 11 is 1.50. The highest BCUT2D eigenvalue weighted by Gasteiger charge is 2.17. The Kier molecular flexibility index (Phi) is 5.33. The third-order valence-electron chi connectivity index (χ3n) is 3.31. The third kappa shape index (κ3) is 4.01. The van der Waals surface area contributed by atoms with Crippen molar-refractivity contribution in [2.45, 2.75) is 6.54 Å². The van der Waals surface area contributed by atoms with E-state index in [1.54, 1.807) is 0 Å². The number of carbonyl (C=O) groups excluding carboxylic acids is 1. The van der Waals surface area contributed by atoms with Gasteiger partial charge >= 0.3 is 5.97 Å². The molecule has 0 bridgehead atoms. The molecule has 5 nitrogen and oxygen atoms in total. The Bertz CT molecular complexity index is 414. The largest absolute Gasteiger partial charge is 0.465 e. The zero-order chi connectivity index (χ0) is 13.7. The van der Waals surface area contributed by atoms with Crippen LogP contribution < -0.4 is 0 Å². The van der Waals surface area contributed by atoms with Crippen molar-refractivity contribution in [2.75, 3.05) is 46.4 Å². The third-order valence-corrected chi connectivity index (χ3v) is 4.36. The summed E-state index contributed by atoms with van der Waals surface area (Å²) in [5.74, 6) is -0.260. The predicted octanol–water partition coefficient (Wildman–Crippen LogP) is 0.645. The molecule has 6 heteroatoms. The molecule has 0 spiro atoms. The van der Waals surface area contributed by atoms with Crippen LogP contribution >= 0.6 is 11.3 Å². The van der Waals surface area contributed by atoms with E-state index < -0.39 is 0 Å². The molecular formula is C13H20N2O3S. The Balaban J connectivity index is 1.82. The Hall–Kier alpha value is -0.950. The van der Waals surface area contributed by atoms with Crippen LogP contribution in [0, 0.1) is 0 Å². The Morgan fingerprint density at radius 3 is 2.63 bits per heavy atom. The number of aliphatic hydroxyl groups is 1. The lowest BCUT2D eigenvalue weighted by molar-refractivity contribution is 0.0606. The number of hydrogen-bond acceptors (Lipinski definition) is 6. The Morgan fingerprint density at radius 1 is 1.32 bits per heavy atom. The first-order valence-electron chi connectivity index (χ1n) is 6.45. The van der Waals surface area contributed by atoms with Gasteiger partial charge in [-0.25, -0.2) is 4.79 Å². The molecule has 0 atom stereocenters. The van der Waals surface area contributed by atoms with Crippen LogP contribution in [0.2, 0.25) is 0 Å². The summed E-state index contributed by atoms with van der Waals surface area (Å²) in [5.41, 5.74) is 0. The van der Waals surface area contributed by atoms with Gasteiger partial charge in [0.05, 0.1) is 13.7 Å². The van der Waals surface area contributed by atoms with Crippen LogP contribution in [0.25, 0.3) is 0 Å². The molecule has 2 heterocycles. The van der Waals surface area contributed by atoms with Crippen molar-refractivity contribution in [1.29, 1.82) is 0 Å². The van der Waals surface area contributed by atoms with Gasteiger partial charge in [0.2, 0.25) is 0 Å². The van der Waals surface area contributed by atoms with Gasteiger partial charge in [-0.2, -0.15) is 0 Å². The number of nitrogens with zero attached hydrogens (tertiary/aromatic N) is 2. The van der Waals surface area contributed by atoms with Crippen LogP contribution in [0.4, 0.5) is 0 Å².